The molecule has 3 nitrogen and oxygen atoms in total. The van der Waals surface area contributed by atoms with Crippen LogP contribution in [0.5, 0.6) is 0 Å². The zero-order chi connectivity index (χ0) is 19.1. The molecular formula is C23H54Cl3N3. The Labute approximate surface area is 202 Å². The highest BCUT2D eigenvalue weighted by Crippen LogP contribution is 2.13. The second-order valence-corrected chi connectivity index (χ2v) is 8.01. The van der Waals surface area contributed by atoms with E-state index in [9.17, 15) is 0 Å². The second kappa shape index (κ2) is 33.4. The first-order valence-corrected chi connectivity index (χ1v) is 12.0. The van der Waals surface area contributed by atoms with E-state index >= 15 is 0 Å². The van der Waals surface area contributed by atoms with Crippen LogP contribution in [0.15, 0.2) is 0 Å². The van der Waals surface area contributed by atoms with Crippen LogP contribution in [0.25, 0.3) is 0 Å². The summed E-state index contributed by atoms with van der Waals surface area (Å²) in [5.41, 5.74) is 5.50. The molecule has 0 spiro atoms. The van der Waals surface area contributed by atoms with Crippen molar-refractivity contribution in [1.82, 2.24) is 10.6 Å². The van der Waals surface area contributed by atoms with Crippen molar-refractivity contribution in [2.45, 2.75) is 123 Å². The third-order valence-corrected chi connectivity index (χ3v) is 5.31. The van der Waals surface area contributed by atoms with E-state index in [0.29, 0.717) is 0 Å². The maximum atomic E-state index is 5.50. The monoisotopic (exact) mass is 477 g/mol. The average Bonchev–Trinajstić information content (AvgIpc) is 2.65. The van der Waals surface area contributed by atoms with Crippen molar-refractivity contribution in [2.24, 2.45) is 5.73 Å². The minimum atomic E-state index is 0. The summed E-state index contributed by atoms with van der Waals surface area (Å²) in [6.07, 6.45) is 22.0. The van der Waals surface area contributed by atoms with Crippen molar-refractivity contribution in [3.05, 3.63) is 0 Å². The molecule has 29 heavy (non-hydrogen) atoms. The van der Waals surface area contributed by atoms with E-state index in [1.54, 1.807) is 0 Å². The zero-order valence-corrected chi connectivity index (χ0v) is 22.0. The van der Waals surface area contributed by atoms with Crippen molar-refractivity contribution in [3.8, 4) is 0 Å². The van der Waals surface area contributed by atoms with Crippen LogP contribution >= 0.6 is 37.2 Å². The van der Waals surface area contributed by atoms with Gasteiger partial charge in [-0.2, -0.15) is 0 Å². The first-order chi connectivity index (χ1) is 12.8. The Kier molecular flexibility index (Phi) is 42.7. The molecule has 1 atom stereocenters. The summed E-state index contributed by atoms with van der Waals surface area (Å²) in [5, 5.41) is 7.27. The maximum Gasteiger partial charge on any atom is 0.00669 e. The Hall–Kier alpha value is 0.750. The van der Waals surface area contributed by atoms with Gasteiger partial charge in [-0.3, -0.25) is 0 Å². The Bertz CT molecular complexity index is 260. The van der Waals surface area contributed by atoms with Crippen molar-refractivity contribution >= 4 is 37.2 Å². The molecule has 4 N–H and O–H groups in total. The third kappa shape index (κ3) is 31.0. The topological polar surface area (TPSA) is 50.1 Å². The number of nitrogens with one attached hydrogen (secondary N) is 2. The van der Waals surface area contributed by atoms with Crippen LogP contribution in [0.3, 0.4) is 0 Å². The summed E-state index contributed by atoms with van der Waals surface area (Å²) in [7, 11) is 0. The quantitative estimate of drug-likeness (QED) is 0.146. The number of halogens is 3. The summed E-state index contributed by atoms with van der Waals surface area (Å²) in [6, 6.07) is 0.749. The van der Waals surface area contributed by atoms with Crippen LogP contribution in [-0.4, -0.2) is 32.2 Å². The van der Waals surface area contributed by atoms with Gasteiger partial charge in [-0.05, 0) is 58.3 Å². The van der Waals surface area contributed by atoms with E-state index < -0.39 is 0 Å². The SMILES string of the molecule is CCCCCCCCCCCCC(CCC)NCCCCNCCCN.Cl.Cl.Cl. The number of nitrogens with two attached hydrogens (primary N) is 1. The number of rotatable bonds is 22. The highest BCUT2D eigenvalue weighted by Gasteiger charge is 2.06. The van der Waals surface area contributed by atoms with Gasteiger partial charge in [-0.25, -0.2) is 0 Å². The molecule has 0 heterocycles. The summed E-state index contributed by atoms with van der Waals surface area (Å²) < 4.78 is 0. The van der Waals surface area contributed by atoms with Gasteiger partial charge in [0.1, 0.15) is 0 Å². The lowest BCUT2D eigenvalue weighted by Crippen LogP contribution is -2.30. The molecule has 0 rings (SSSR count). The lowest BCUT2D eigenvalue weighted by Gasteiger charge is -2.18. The molecule has 0 saturated heterocycles. The molecule has 0 amide bonds. The average molecular weight is 479 g/mol. The van der Waals surface area contributed by atoms with E-state index in [1.807, 2.05) is 0 Å². The molecule has 6 heteroatoms. The van der Waals surface area contributed by atoms with Crippen LogP contribution < -0.4 is 16.4 Å². The third-order valence-electron chi connectivity index (χ3n) is 5.31. The molecule has 182 valence electrons. The van der Waals surface area contributed by atoms with E-state index in [0.717, 1.165) is 32.1 Å². The summed E-state index contributed by atoms with van der Waals surface area (Å²) in [4.78, 5) is 0. The lowest BCUT2D eigenvalue weighted by atomic mass is 10.0. The van der Waals surface area contributed by atoms with Gasteiger partial charge in [0.2, 0.25) is 0 Å². The largest absolute Gasteiger partial charge is 0.330 e. The van der Waals surface area contributed by atoms with Crippen LogP contribution in [0.1, 0.15) is 117 Å². The van der Waals surface area contributed by atoms with Crippen LogP contribution in [0.2, 0.25) is 0 Å². The fraction of sp³-hybridized carbons (Fsp3) is 1.00. The normalized spacial score (nSPS) is 11.3. The van der Waals surface area contributed by atoms with Gasteiger partial charge in [0, 0.05) is 6.04 Å². The van der Waals surface area contributed by atoms with Gasteiger partial charge in [0.05, 0.1) is 0 Å². The van der Waals surface area contributed by atoms with Crippen LogP contribution in [0, 0.1) is 0 Å². The minimum Gasteiger partial charge on any atom is -0.330 e. The molecule has 0 aromatic rings. The predicted molar refractivity (Wildman–Crippen MR) is 141 cm³/mol. The van der Waals surface area contributed by atoms with Gasteiger partial charge in [0.15, 0.2) is 0 Å². The van der Waals surface area contributed by atoms with Crippen molar-refractivity contribution in [1.29, 1.82) is 0 Å². The molecule has 0 fully saturated rings. The van der Waals surface area contributed by atoms with Crippen molar-refractivity contribution < 1.29 is 0 Å². The van der Waals surface area contributed by atoms with Crippen LogP contribution in [-0.2, 0) is 0 Å². The van der Waals surface area contributed by atoms with E-state index in [4.69, 9.17) is 5.73 Å². The molecule has 0 aliphatic heterocycles. The zero-order valence-electron chi connectivity index (χ0n) is 19.5. The fourth-order valence-corrected chi connectivity index (χ4v) is 3.61. The van der Waals surface area contributed by atoms with E-state index in [2.05, 4.69) is 24.5 Å². The minimum absolute atomic E-state index is 0. The van der Waals surface area contributed by atoms with Crippen molar-refractivity contribution in [3.63, 3.8) is 0 Å². The number of hydrogen-bond acceptors (Lipinski definition) is 3. The Balaban J connectivity index is -0.00000104. The summed E-state index contributed by atoms with van der Waals surface area (Å²) >= 11 is 0. The molecule has 0 aliphatic rings. The maximum absolute atomic E-state index is 5.50. The first-order valence-electron chi connectivity index (χ1n) is 12.0. The molecular weight excluding hydrogens is 425 g/mol. The molecule has 0 saturated carbocycles. The standard InChI is InChI=1S/C23H51N3.3ClH/c1-3-5-6-7-8-9-10-11-12-13-18-23(17-4-2)26-22-15-14-20-25-21-16-19-24;;;/h23,25-26H,3-22,24H2,1-2H3;3*1H. The molecule has 0 radical (unpaired) electrons. The molecule has 0 bridgehead atoms. The summed E-state index contributed by atoms with van der Waals surface area (Å²) in [5.74, 6) is 0. The van der Waals surface area contributed by atoms with Gasteiger partial charge in [0.25, 0.3) is 0 Å². The molecule has 0 aromatic heterocycles. The summed E-state index contributed by atoms with van der Waals surface area (Å²) in [6.45, 7) is 8.80. The Morgan fingerprint density at radius 1 is 0.552 bits per heavy atom. The smallest absolute Gasteiger partial charge is 0.00669 e. The predicted octanol–water partition coefficient (Wildman–Crippen LogP) is 7.04. The molecule has 1 unspecified atom stereocenters. The highest BCUT2D eigenvalue weighted by atomic mass is 35.5. The lowest BCUT2D eigenvalue weighted by molar-refractivity contribution is 0.419. The van der Waals surface area contributed by atoms with E-state index in [-0.39, 0.29) is 37.2 Å². The van der Waals surface area contributed by atoms with E-state index in [1.165, 1.54) is 103 Å². The Morgan fingerprint density at radius 3 is 1.62 bits per heavy atom. The highest BCUT2D eigenvalue weighted by molar-refractivity contribution is 5.86. The Morgan fingerprint density at radius 2 is 1.07 bits per heavy atom. The van der Waals surface area contributed by atoms with Gasteiger partial charge in [-0.1, -0.05) is 84.5 Å². The van der Waals surface area contributed by atoms with Crippen molar-refractivity contribution in [2.75, 3.05) is 26.2 Å². The first kappa shape index (κ1) is 37.1. The molecule has 0 aromatic carbocycles. The molecule has 0 aliphatic carbocycles. The van der Waals surface area contributed by atoms with Crippen LogP contribution in [0.4, 0.5) is 0 Å². The fourth-order valence-electron chi connectivity index (χ4n) is 3.61. The second-order valence-electron chi connectivity index (χ2n) is 8.01. The number of unbranched alkanes of at least 4 members (excludes halogenated alkanes) is 10. The van der Waals surface area contributed by atoms with Gasteiger partial charge >= 0.3 is 0 Å². The van der Waals surface area contributed by atoms with Gasteiger partial charge < -0.3 is 16.4 Å². The number of hydrogen-bond donors (Lipinski definition) is 3. The van der Waals surface area contributed by atoms with Gasteiger partial charge in [-0.15, -0.1) is 37.2 Å².